The van der Waals surface area contributed by atoms with Crippen LogP contribution in [0.1, 0.15) is 94.7 Å². The Hall–Kier alpha value is -3.02. The highest BCUT2D eigenvalue weighted by molar-refractivity contribution is 6.10. The summed E-state index contributed by atoms with van der Waals surface area (Å²) in [5.41, 5.74) is 10.3. The summed E-state index contributed by atoms with van der Waals surface area (Å²) in [7, 11) is 0. The van der Waals surface area contributed by atoms with Gasteiger partial charge in [0.05, 0.1) is 0 Å². The van der Waals surface area contributed by atoms with Gasteiger partial charge in [-0.25, -0.2) is 8.78 Å². The van der Waals surface area contributed by atoms with Gasteiger partial charge in [-0.3, -0.25) is 9.79 Å². The Morgan fingerprint density at radius 3 is 2.38 bits per heavy atom. The Bertz CT molecular complexity index is 1270. The summed E-state index contributed by atoms with van der Waals surface area (Å²) < 4.78 is 36.2. The molecule has 1 atom stereocenters. The maximum atomic E-state index is 15.1. The van der Waals surface area contributed by atoms with E-state index in [4.69, 9.17) is 10.5 Å². The number of nitrogens with two attached hydrogens (primary N) is 1. The Morgan fingerprint density at radius 1 is 1.03 bits per heavy atom. The third kappa shape index (κ3) is 5.80. The Labute approximate surface area is 230 Å². The monoisotopic (exact) mass is 534 g/mol. The van der Waals surface area contributed by atoms with Crippen molar-refractivity contribution in [2.45, 2.75) is 89.6 Å². The second-order valence-corrected chi connectivity index (χ2v) is 12.1. The van der Waals surface area contributed by atoms with E-state index in [-0.39, 0.29) is 23.1 Å². The minimum Gasteiger partial charge on any atom is -0.459 e. The molecule has 39 heavy (non-hydrogen) atoms. The quantitative estimate of drug-likeness (QED) is 0.310. The number of halogens is 2. The first kappa shape index (κ1) is 27.5. The first-order valence-electron chi connectivity index (χ1n) is 14.4. The summed E-state index contributed by atoms with van der Waals surface area (Å²) in [6, 6.07) is 11.7. The zero-order chi connectivity index (χ0) is 27.8. The Morgan fingerprint density at radius 2 is 1.72 bits per heavy atom. The number of alkyl halides is 2. The van der Waals surface area contributed by atoms with Crippen LogP contribution in [-0.2, 0) is 15.5 Å². The summed E-state index contributed by atoms with van der Waals surface area (Å²) in [4.78, 5) is 16.8. The number of ether oxygens (including phenoxy) is 1. The van der Waals surface area contributed by atoms with Crippen molar-refractivity contribution < 1.29 is 18.3 Å². The molecule has 0 radical (unpaired) electrons. The molecule has 5 rings (SSSR count). The van der Waals surface area contributed by atoms with E-state index >= 15 is 8.78 Å². The molecule has 1 unspecified atom stereocenters. The van der Waals surface area contributed by atoms with Gasteiger partial charge in [0.2, 0.25) is 0 Å². The van der Waals surface area contributed by atoms with Gasteiger partial charge in [-0.05, 0) is 96.6 Å². The number of hydrogen-bond acceptors (Lipinski definition) is 4. The normalized spacial score (nSPS) is 25.9. The van der Waals surface area contributed by atoms with Crippen LogP contribution in [0, 0.1) is 11.8 Å². The van der Waals surface area contributed by atoms with Crippen molar-refractivity contribution in [3.63, 3.8) is 0 Å². The van der Waals surface area contributed by atoms with Crippen LogP contribution in [-0.4, -0.2) is 24.3 Å². The Balaban J connectivity index is 1.49. The van der Waals surface area contributed by atoms with E-state index in [1.54, 1.807) is 6.07 Å². The average Bonchev–Trinajstić information content (AvgIpc) is 3.09. The third-order valence-electron chi connectivity index (χ3n) is 8.94. The van der Waals surface area contributed by atoms with Crippen LogP contribution < -0.4 is 5.73 Å². The largest absolute Gasteiger partial charge is 0.459 e. The van der Waals surface area contributed by atoms with Gasteiger partial charge in [0.25, 0.3) is 5.92 Å². The molecule has 2 heterocycles. The van der Waals surface area contributed by atoms with Crippen molar-refractivity contribution in [3.8, 4) is 11.1 Å². The van der Waals surface area contributed by atoms with E-state index < -0.39 is 11.5 Å². The molecule has 1 saturated carbocycles. The lowest BCUT2D eigenvalue weighted by molar-refractivity contribution is -0.162. The molecule has 0 aromatic heterocycles. The van der Waals surface area contributed by atoms with Crippen molar-refractivity contribution in [1.82, 2.24) is 0 Å². The molecule has 2 aromatic rings. The van der Waals surface area contributed by atoms with Crippen molar-refractivity contribution in [2.75, 3.05) is 12.3 Å². The number of carbonyl (C=O) groups is 1. The zero-order valence-electron chi connectivity index (χ0n) is 23.3. The van der Waals surface area contributed by atoms with Gasteiger partial charge < -0.3 is 10.5 Å². The van der Waals surface area contributed by atoms with Crippen LogP contribution in [0.3, 0.4) is 0 Å². The predicted molar refractivity (Wildman–Crippen MR) is 154 cm³/mol. The second-order valence-electron chi connectivity index (χ2n) is 12.1. The smallest absolute Gasteiger partial charge is 0.306 e. The molecule has 2 N–H and O–H groups in total. The minimum atomic E-state index is -3.07. The highest BCUT2D eigenvalue weighted by Crippen LogP contribution is 2.50. The minimum absolute atomic E-state index is 0.0650. The number of aliphatic imine (C=N–C) groups is 1. The van der Waals surface area contributed by atoms with Gasteiger partial charge >= 0.3 is 5.97 Å². The van der Waals surface area contributed by atoms with Gasteiger partial charge in [-0.15, -0.1) is 0 Å². The molecule has 6 heteroatoms. The molecule has 2 fully saturated rings. The average molecular weight is 535 g/mol. The van der Waals surface area contributed by atoms with E-state index in [0.717, 1.165) is 55.0 Å². The summed E-state index contributed by atoms with van der Waals surface area (Å²) in [6.45, 7) is 6.16. The summed E-state index contributed by atoms with van der Waals surface area (Å²) in [5, 5.41) is 0. The van der Waals surface area contributed by atoms with E-state index in [9.17, 15) is 4.79 Å². The van der Waals surface area contributed by atoms with Gasteiger partial charge in [0, 0.05) is 37.4 Å². The number of esters is 1. The maximum absolute atomic E-state index is 15.1. The van der Waals surface area contributed by atoms with Crippen LogP contribution in [0.5, 0.6) is 0 Å². The highest BCUT2D eigenvalue weighted by atomic mass is 19.3. The molecule has 2 aliphatic heterocycles. The molecule has 208 valence electrons. The Kier molecular flexibility index (Phi) is 7.67. The number of benzene rings is 2. The fourth-order valence-corrected chi connectivity index (χ4v) is 6.66. The lowest BCUT2D eigenvalue weighted by Gasteiger charge is -2.40. The molecule has 0 amide bonds. The second kappa shape index (κ2) is 10.9. The van der Waals surface area contributed by atoms with Crippen LogP contribution in [0.2, 0.25) is 0 Å². The fraction of sp³-hybridized carbons (Fsp3) is 0.515. The summed E-state index contributed by atoms with van der Waals surface area (Å²) in [6.07, 6.45) is 10.1. The van der Waals surface area contributed by atoms with Gasteiger partial charge in [-0.1, -0.05) is 50.3 Å². The van der Waals surface area contributed by atoms with Crippen LogP contribution in [0.15, 0.2) is 47.5 Å². The number of dihydropyridines is 1. The lowest BCUT2D eigenvalue weighted by Crippen LogP contribution is -2.38. The number of anilines is 1. The number of nitrogens with zero attached hydrogens (tertiary/aromatic N) is 1. The van der Waals surface area contributed by atoms with Crippen molar-refractivity contribution in [1.29, 1.82) is 0 Å². The highest BCUT2D eigenvalue weighted by Gasteiger charge is 2.42. The number of carbonyl (C=O) groups excluding carboxylic acids is 1. The molecular formula is C33H40F2N2O2. The molecule has 4 nitrogen and oxygen atoms in total. The van der Waals surface area contributed by atoms with Crippen molar-refractivity contribution >= 4 is 23.4 Å². The van der Waals surface area contributed by atoms with Crippen LogP contribution in [0.25, 0.3) is 16.7 Å². The molecule has 2 aromatic carbocycles. The number of nitrogen functional groups attached to an aromatic ring is 1. The standard InChI is InChI=1S/C33H40F2N2O2/c1-21(2)25-18-26(20-37-19-25)22-7-9-23(10-8-22)27-11-12-28(36)31(32(3,34)35)30(27)24-13-16-33(17-14-24)15-5-4-6-29(38)39-33/h7-12,18,20-21,24-25H,4-6,13-17,19,36H2,1-3H3. The number of rotatable bonds is 5. The molecule has 1 aliphatic carbocycles. The number of hydrogen-bond donors (Lipinski definition) is 1. The fourth-order valence-electron chi connectivity index (χ4n) is 6.66. The third-order valence-corrected chi connectivity index (χ3v) is 8.94. The summed E-state index contributed by atoms with van der Waals surface area (Å²) >= 11 is 0. The first-order valence-corrected chi connectivity index (χ1v) is 14.4. The molecule has 3 aliphatic rings. The molecule has 1 spiro atoms. The molecular weight excluding hydrogens is 494 g/mol. The predicted octanol–water partition coefficient (Wildman–Crippen LogP) is 8.30. The van der Waals surface area contributed by atoms with E-state index in [0.29, 0.717) is 49.5 Å². The molecule has 0 bridgehead atoms. The van der Waals surface area contributed by atoms with Crippen molar-refractivity contribution in [3.05, 3.63) is 59.2 Å². The topological polar surface area (TPSA) is 64.7 Å². The maximum Gasteiger partial charge on any atom is 0.306 e. The van der Waals surface area contributed by atoms with E-state index in [2.05, 4.69) is 37.0 Å². The van der Waals surface area contributed by atoms with Crippen molar-refractivity contribution in [2.24, 2.45) is 16.8 Å². The zero-order valence-corrected chi connectivity index (χ0v) is 23.3. The lowest BCUT2D eigenvalue weighted by atomic mass is 9.71. The first-order chi connectivity index (χ1) is 18.6. The van der Waals surface area contributed by atoms with Crippen LogP contribution in [0.4, 0.5) is 14.5 Å². The summed E-state index contributed by atoms with van der Waals surface area (Å²) in [5.74, 6) is -2.37. The number of allylic oxidation sites excluding steroid dienone is 1. The van der Waals surface area contributed by atoms with E-state index in [1.165, 1.54) is 0 Å². The SMILES string of the molecule is CC(C)C1C=C(c2ccc(-c3ccc(N)c(C(C)(F)F)c3C3CCC4(CCCCC(=O)O4)CC3)cc2)C=NC1. The van der Waals surface area contributed by atoms with E-state index in [1.807, 2.05) is 24.4 Å². The van der Waals surface area contributed by atoms with Crippen LogP contribution >= 0.6 is 0 Å². The van der Waals surface area contributed by atoms with Gasteiger partial charge in [0.1, 0.15) is 5.60 Å². The van der Waals surface area contributed by atoms with Gasteiger partial charge in [0.15, 0.2) is 0 Å². The molecule has 1 saturated heterocycles. The van der Waals surface area contributed by atoms with Gasteiger partial charge in [-0.2, -0.15) is 0 Å².